The lowest BCUT2D eigenvalue weighted by Gasteiger charge is -2.32. The minimum atomic E-state index is -3.48. The number of likely N-dealkylation sites (tertiary alicyclic amines) is 1. The molecule has 3 rings (SSSR count). The highest BCUT2D eigenvalue weighted by Gasteiger charge is 2.45. The highest BCUT2D eigenvalue weighted by Crippen LogP contribution is 2.39. The molecule has 1 heterocycles. The normalized spacial score (nSPS) is 27.0. The number of nitrogens with zero attached hydrogens (tertiary/aromatic N) is 1. The Bertz CT molecular complexity index is 733. The third-order valence-electron chi connectivity index (χ3n) is 5.52. The highest BCUT2D eigenvalue weighted by molar-refractivity contribution is 7.91. The van der Waals surface area contributed by atoms with Crippen LogP contribution in [0.15, 0.2) is 29.2 Å². The molecule has 25 heavy (non-hydrogen) atoms. The summed E-state index contributed by atoms with van der Waals surface area (Å²) in [6.07, 6.45) is 4.89. The van der Waals surface area contributed by atoms with Crippen LogP contribution < -0.4 is 4.74 Å². The van der Waals surface area contributed by atoms with Crippen LogP contribution in [-0.2, 0) is 14.6 Å². The molecule has 1 saturated heterocycles. The van der Waals surface area contributed by atoms with E-state index >= 15 is 0 Å². The van der Waals surface area contributed by atoms with Crippen LogP contribution >= 0.6 is 0 Å². The lowest BCUT2D eigenvalue weighted by molar-refractivity contribution is -0.142. The van der Waals surface area contributed by atoms with Gasteiger partial charge in [0, 0.05) is 12.6 Å². The minimum Gasteiger partial charge on any atom is -0.497 e. The van der Waals surface area contributed by atoms with E-state index in [9.17, 15) is 18.3 Å². The van der Waals surface area contributed by atoms with Gasteiger partial charge in [0.1, 0.15) is 11.8 Å². The quantitative estimate of drug-likeness (QED) is 0.830. The number of fused-ring (bicyclic) bond motifs is 1. The Balaban J connectivity index is 1.74. The third kappa shape index (κ3) is 3.82. The van der Waals surface area contributed by atoms with Crippen molar-refractivity contribution in [2.24, 2.45) is 5.92 Å². The molecule has 0 radical (unpaired) electrons. The highest BCUT2D eigenvalue weighted by atomic mass is 32.2. The molecule has 3 unspecified atom stereocenters. The van der Waals surface area contributed by atoms with Gasteiger partial charge in [0.25, 0.3) is 0 Å². The molecule has 1 saturated carbocycles. The van der Waals surface area contributed by atoms with Gasteiger partial charge in [-0.2, -0.15) is 0 Å². The molecule has 0 amide bonds. The number of carboxylic acid groups (broad SMARTS) is 1. The predicted molar refractivity (Wildman–Crippen MR) is 93.5 cm³/mol. The number of methoxy groups -OCH3 is 1. The number of sulfone groups is 1. The van der Waals surface area contributed by atoms with Crippen LogP contribution in [0, 0.1) is 5.92 Å². The molecule has 1 aliphatic carbocycles. The van der Waals surface area contributed by atoms with Crippen LogP contribution in [0.4, 0.5) is 0 Å². The molecule has 0 bridgehead atoms. The van der Waals surface area contributed by atoms with E-state index in [4.69, 9.17) is 4.74 Å². The lowest BCUT2D eigenvalue weighted by atomic mass is 9.85. The zero-order valence-electron chi connectivity index (χ0n) is 14.4. The Hall–Kier alpha value is -1.60. The fourth-order valence-corrected chi connectivity index (χ4v) is 5.52. The Morgan fingerprint density at radius 1 is 1.32 bits per heavy atom. The van der Waals surface area contributed by atoms with E-state index in [1.807, 2.05) is 4.90 Å². The van der Waals surface area contributed by atoms with E-state index in [2.05, 4.69) is 0 Å². The number of carboxylic acids is 1. The Labute approximate surface area is 148 Å². The van der Waals surface area contributed by atoms with Crippen molar-refractivity contribution in [2.75, 3.05) is 19.4 Å². The average molecular weight is 367 g/mol. The van der Waals surface area contributed by atoms with Gasteiger partial charge in [-0.15, -0.1) is 0 Å². The third-order valence-corrected chi connectivity index (χ3v) is 7.22. The summed E-state index contributed by atoms with van der Waals surface area (Å²) in [5, 5.41) is 9.54. The molecule has 0 spiro atoms. The van der Waals surface area contributed by atoms with Gasteiger partial charge in [-0.25, -0.2) is 8.42 Å². The van der Waals surface area contributed by atoms with Crippen molar-refractivity contribution >= 4 is 15.8 Å². The maximum atomic E-state index is 12.7. The van der Waals surface area contributed by atoms with Crippen molar-refractivity contribution < 1.29 is 23.1 Å². The zero-order valence-corrected chi connectivity index (χ0v) is 15.2. The van der Waals surface area contributed by atoms with Crippen molar-refractivity contribution in [1.29, 1.82) is 0 Å². The maximum Gasteiger partial charge on any atom is 0.320 e. The van der Waals surface area contributed by atoms with E-state index in [0.717, 1.165) is 25.7 Å². The summed E-state index contributed by atoms with van der Waals surface area (Å²) in [5.74, 6) is -0.0340. The van der Waals surface area contributed by atoms with Crippen LogP contribution in [0.25, 0.3) is 0 Å². The molecular formula is C18H25NO5S. The van der Waals surface area contributed by atoms with E-state index in [0.29, 0.717) is 18.1 Å². The van der Waals surface area contributed by atoms with Gasteiger partial charge in [0.15, 0.2) is 9.84 Å². The van der Waals surface area contributed by atoms with Gasteiger partial charge in [-0.05, 0) is 43.4 Å². The predicted octanol–water partition coefficient (Wildman–Crippen LogP) is 2.19. The number of carbonyl (C=O) groups is 1. The van der Waals surface area contributed by atoms with Crippen molar-refractivity contribution in [3.8, 4) is 5.75 Å². The molecule has 1 aromatic carbocycles. The van der Waals surface area contributed by atoms with Gasteiger partial charge in [0.05, 0.1) is 17.8 Å². The first-order chi connectivity index (χ1) is 11.9. The standard InChI is InChI=1S/C18H25NO5S/c1-24-14-6-4-7-15(12-14)25(22,23)10-9-19-16-8-3-2-5-13(16)11-17(19)18(20)21/h4,6-7,12-13,16-17H,2-3,5,8-11H2,1H3,(H,20,21). The molecule has 2 fully saturated rings. The van der Waals surface area contributed by atoms with Gasteiger partial charge in [-0.3, -0.25) is 9.69 Å². The number of hydrogen-bond acceptors (Lipinski definition) is 5. The number of benzene rings is 1. The number of aliphatic carboxylic acids is 1. The van der Waals surface area contributed by atoms with E-state index < -0.39 is 21.8 Å². The van der Waals surface area contributed by atoms with Crippen LogP contribution in [-0.4, -0.2) is 55.9 Å². The largest absolute Gasteiger partial charge is 0.497 e. The minimum absolute atomic E-state index is 0.0762. The average Bonchev–Trinajstić information content (AvgIpc) is 2.99. The number of rotatable bonds is 6. The van der Waals surface area contributed by atoms with Gasteiger partial charge >= 0.3 is 5.97 Å². The monoisotopic (exact) mass is 367 g/mol. The van der Waals surface area contributed by atoms with Crippen LogP contribution in [0.1, 0.15) is 32.1 Å². The number of ether oxygens (including phenoxy) is 1. The molecule has 6 nitrogen and oxygen atoms in total. The van der Waals surface area contributed by atoms with Crippen molar-refractivity contribution in [3.63, 3.8) is 0 Å². The zero-order chi connectivity index (χ0) is 18.0. The molecule has 2 aliphatic rings. The summed E-state index contributed by atoms with van der Waals surface area (Å²) < 4.78 is 30.4. The topological polar surface area (TPSA) is 83.9 Å². The van der Waals surface area contributed by atoms with E-state index in [1.54, 1.807) is 18.2 Å². The first-order valence-corrected chi connectivity index (χ1v) is 10.4. The van der Waals surface area contributed by atoms with Crippen LogP contribution in [0.5, 0.6) is 5.75 Å². The lowest BCUT2D eigenvalue weighted by Crippen LogP contribution is -2.44. The fourth-order valence-electron chi connectivity index (χ4n) is 4.26. The van der Waals surface area contributed by atoms with Gasteiger partial charge in [0.2, 0.25) is 0 Å². The van der Waals surface area contributed by atoms with E-state index in [-0.39, 0.29) is 23.2 Å². The number of hydrogen-bond donors (Lipinski definition) is 1. The Kier molecular flexibility index (Phi) is 5.34. The maximum absolute atomic E-state index is 12.7. The summed E-state index contributed by atoms with van der Waals surface area (Å²) in [7, 11) is -1.99. The summed E-state index contributed by atoms with van der Waals surface area (Å²) in [6.45, 7) is 0.262. The summed E-state index contributed by atoms with van der Waals surface area (Å²) in [4.78, 5) is 13.8. The van der Waals surface area contributed by atoms with Crippen molar-refractivity contribution in [1.82, 2.24) is 4.90 Å². The molecule has 7 heteroatoms. The SMILES string of the molecule is COc1cccc(S(=O)(=O)CCN2C(C(=O)O)CC3CCCCC32)c1. The fraction of sp³-hybridized carbons (Fsp3) is 0.611. The van der Waals surface area contributed by atoms with E-state index in [1.165, 1.54) is 13.2 Å². The second kappa shape index (κ2) is 7.33. The summed E-state index contributed by atoms with van der Waals surface area (Å²) in [5.41, 5.74) is 0. The summed E-state index contributed by atoms with van der Waals surface area (Å²) >= 11 is 0. The Morgan fingerprint density at radius 3 is 2.80 bits per heavy atom. The summed E-state index contributed by atoms with van der Waals surface area (Å²) in [6, 6.07) is 6.06. The van der Waals surface area contributed by atoms with Crippen molar-refractivity contribution in [3.05, 3.63) is 24.3 Å². The molecule has 0 aromatic heterocycles. The molecule has 1 N–H and O–H groups in total. The smallest absolute Gasteiger partial charge is 0.320 e. The molecule has 3 atom stereocenters. The molecular weight excluding hydrogens is 342 g/mol. The second-order valence-electron chi connectivity index (χ2n) is 6.94. The first-order valence-electron chi connectivity index (χ1n) is 8.78. The second-order valence-corrected chi connectivity index (χ2v) is 9.05. The van der Waals surface area contributed by atoms with Crippen LogP contribution in [0.3, 0.4) is 0 Å². The van der Waals surface area contributed by atoms with Crippen molar-refractivity contribution in [2.45, 2.75) is 49.1 Å². The van der Waals surface area contributed by atoms with Gasteiger partial charge < -0.3 is 9.84 Å². The van der Waals surface area contributed by atoms with Gasteiger partial charge in [-0.1, -0.05) is 18.9 Å². The Morgan fingerprint density at radius 2 is 2.08 bits per heavy atom. The molecule has 1 aromatic rings. The van der Waals surface area contributed by atoms with Crippen LogP contribution in [0.2, 0.25) is 0 Å². The molecule has 138 valence electrons. The first kappa shape index (κ1) is 18.2. The molecule has 1 aliphatic heterocycles.